The maximum absolute atomic E-state index is 12.0. The Kier molecular flexibility index (Phi) is 4.69. The number of benzene rings is 1. The number of hydrogen-bond acceptors (Lipinski definition) is 3. The maximum Gasteiger partial charge on any atom is 0.559 e. The lowest BCUT2D eigenvalue weighted by molar-refractivity contribution is -0.0364. The van der Waals surface area contributed by atoms with Crippen LogP contribution in [0.15, 0.2) is 18.2 Å². The van der Waals surface area contributed by atoms with Crippen LogP contribution in [-0.4, -0.2) is 4.89 Å². The smallest absolute Gasteiger partial charge is 0.402 e. The molecule has 1 aromatic rings. The van der Waals surface area contributed by atoms with Gasteiger partial charge in [0.1, 0.15) is 5.75 Å². The van der Waals surface area contributed by atoms with Crippen LogP contribution in [0.1, 0.15) is 52.7 Å². The first-order valence-electron chi connectivity index (χ1n) is 6.34. The van der Waals surface area contributed by atoms with E-state index in [9.17, 15) is 9.09 Å². The monoisotopic (exact) mass is 304 g/mol. The van der Waals surface area contributed by atoms with E-state index in [4.69, 9.17) is 9.42 Å². The molecule has 0 aliphatic heterocycles. The van der Waals surface area contributed by atoms with Crippen molar-refractivity contribution in [1.29, 1.82) is 0 Å². The lowest BCUT2D eigenvalue weighted by atomic mass is 9.80. The zero-order valence-electron chi connectivity index (χ0n) is 12.7. The summed E-state index contributed by atoms with van der Waals surface area (Å²) in [5, 5.41) is 0. The number of hydrogen-bond donors (Lipinski definition) is 1. The highest BCUT2D eigenvalue weighted by Gasteiger charge is 2.29. The normalized spacial score (nSPS) is 15.8. The fraction of sp³-hybridized carbons (Fsp3) is 0.571. The van der Waals surface area contributed by atoms with E-state index in [-0.39, 0.29) is 16.6 Å². The Hall–Kier alpha value is -0.900. The second-order valence-electron chi connectivity index (χ2n) is 6.84. The van der Waals surface area contributed by atoms with Gasteiger partial charge in [-0.15, -0.1) is 0 Å². The molecule has 0 aliphatic carbocycles. The van der Waals surface area contributed by atoms with Crippen molar-refractivity contribution < 1.29 is 23.2 Å². The van der Waals surface area contributed by atoms with Crippen molar-refractivity contribution in [2.24, 2.45) is 0 Å². The van der Waals surface area contributed by atoms with Gasteiger partial charge in [0.25, 0.3) is 0 Å². The summed E-state index contributed by atoms with van der Waals surface area (Å²) in [6, 6.07) is 5.28. The Morgan fingerprint density at radius 3 is 2.05 bits per heavy atom. The molecule has 1 atom stereocenters. The first-order valence-corrected chi connectivity index (χ1v) is 7.84. The molecule has 0 saturated carbocycles. The van der Waals surface area contributed by atoms with Crippen molar-refractivity contribution in [3.8, 4) is 5.75 Å². The Labute approximate surface area is 119 Å². The van der Waals surface area contributed by atoms with Gasteiger partial charge in [-0.2, -0.15) is 0 Å². The second-order valence-corrected chi connectivity index (χ2v) is 8.10. The van der Waals surface area contributed by atoms with Crippen molar-refractivity contribution in [1.82, 2.24) is 0 Å². The van der Waals surface area contributed by atoms with Gasteiger partial charge in [0.05, 0.1) is 0 Å². The van der Waals surface area contributed by atoms with Crippen molar-refractivity contribution >= 4 is 7.82 Å². The molecule has 0 aliphatic rings. The first-order chi connectivity index (χ1) is 8.87. The van der Waals surface area contributed by atoms with Gasteiger partial charge in [-0.3, -0.25) is 4.89 Å². The average Bonchev–Trinajstić information content (AvgIpc) is 2.26. The van der Waals surface area contributed by atoms with Crippen molar-refractivity contribution in [2.75, 3.05) is 0 Å². The van der Waals surface area contributed by atoms with Gasteiger partial charge in [-0.1, -0.05) is 58.4 Å². The molecule has 1 unspecified atom stereocenters. The van der Waals surface area contributed by atoms with Gasteiger partial charge < -0.3 is 4.52 Å². The highest BCUT2D eigenvalue weighted by molar-refractivity contribution is 7.47. The Morgan fingerprint density at radius 2 is 1.65 bits per heavy atom. The topological polar surface area (TPSA) is 55.8 Å². The van der Waals surface area contributed by atoms with Gasteiger partial charge in [0, 0.05) is 5.56 Å². The molecule has 20 heavy (non-hydrogen) atoms. The SMILES string of the molecule is CC(C)(C)c1ccc(OP(=O)(O)OF)c(C(C)(C)C)c1. The predicted octanol–water partition coefficient (Wildman–Crippen LogP) is 4.66. The Balaban J connectivity index is 3.36. The number of phosphoric ester groups is 1. The summed E-state index contributed by atoms with van der Waals surface area (Å²) in [5.74, 6) is 0.147. The minimum atomic E-state index is -4.71. The van der Waals surface area contributed by atoms with Crippen molar-refractivity contribution in [3.05, 3.63) is 29.3 Å². The van der Waals surface area contributed by atoms with Gasteiger partial charge in [0.2, 0.25) is 0 Å². The molecule has 6 heteroatoms. The predicted molar refractivity (Wildman–Crippen MR) is 76.5 cm³/mol. The van der Waals surface area contributed by atoms with Gasteiger partial charge >= 0.3 is 7.82 Å². The average molecular weight is 304 g/mol. The van der Waals surface area contributed by atoms with E-state index in [1.807, 2.05) is 26.8 Å². The van der Waals surface area contributed by atoms with Gasteiger partial charge in [-0.05, 0) is 27.0 Å². The molecule has 1 rings (SSSR count). The highest BCUT2D eigenvalue weighted by atomic mass is 31.2. The standard InChI is InChI=1S/C14H22FO4P/c1-13(2,3)10-7-8-12(18-20(16,17)19-15)11(9-10)14(4,5)6/h7-9H,1-6H3,(H,16,17). The van der Waals surface area contributed by atoms with Gasteiger partial charge in [-0.25, -0.2) is 4.57 Å². The molecule has 0 fully saturated rings. The van der Waals surface area contributed by atoms with Gasteiger partial charge in [0.15, 0.2) is 0 Å². The molecule has 0 spiro atoms. The molecule has 1 N–H and O–H groups in total. The molecular weight excluding hydrogens is 282 g/mol. The lowest BCUT2D eigenvalue weighted by Gasteiger charge is -2.27. The van der Waals surface area contributed by atoms with E-state index < -0.39 is 7.82 Å². The molecule has 1 aromatic carbocycles. The summed E-state index contributed by atoms with van der Waals surface area (Å²) in [5.41, 5.74) is 1.38. The summed E-state index contributed by atoms with van der Waals surface area (Å²) in [4.78, 5) is 9.13. The molecule has 0 bridgehead atoms. The van der Waals surface area contributed by atoms with Crippen LogP contribution >= 0.6 is 7.82 Å². The first kappa shape index (κ1) is 17.2. The van der Waals surface area contributed by atoms with Crippen LogP contribution in [0.2, 0.25) is 0 Å². The number of rotatable bonds is 3. The van der Waals surface area contributed by atoms with Crippen LogP contribution < -0.4 is 4.52 Å². The molecule has 0 radical (unpaired) electrons. The fourth-order valence-electron chi connectivity index (χ4n) is 1.80. The van der Waals surface area contributed by atoms with Crippen LogP contribution in [0.25, 0.3) is 0 Å². The van der Waals surface area contributed by atoms with Crippen LogP contribution in [0.4, 0.5) is 4.53 Å². The van der Waals surface area contributed by atoms with Crippen molar-refractivity contribution in [3.63, 3.8) is 0 Å². The maximum atomic E-state index is 12.0. The Bertz CT molecular complexity index is 529. The summed E-state index contributed by atoms with van der Waals surface area (Å²) < 4.78 is 31.1. The molecule has 114 valence electrons. The molecule has 0 saturated heterocycles. The Morgan fingerprint density at radius 1 is 1.10 bits per heavy atom. The summed E-state index contributed by atoms with van der Waals surface area (Å²) in [6.07, 6.45) is 0. The van der Waals surface area contributed by atoms with Crippen LogP contribution in [0, 0.1) is 0 Å². The molecule has 0 amide bonds. The van der Waals surface area contributed by atoms with E-state index >= 15 is 0 Å². The van der Waals surface area contributed by atoms with E-state index in [2.05, 4.69) is 25.5 Å². The second kappa shape index (κ2) is 5.47. The van der Waals surface area contributed by atoms with E-state index in [0.29, 0.717) is 0 Å². The van der Waals surface area contributed by atoms with Crippen LogP contribution in [-0.2, 0) is 20.1 Å². The number of halogens is 1. The third-order valence-electron chi connectivity index (χ3n) is 2.95. The largest absolute Gasteiger partial charge is 0.559 e. The molecule has 0 aromatic heterocycles. The quantitative estimate of drug-likeness (QED) is 0.825. The lowest BCUT2D eigenvalue weighted by Crippen LogP contribution is -2.17. The third-order valence-corrected chi connectivity index (χ3v) is 3.56. The third kappa shape index (κ3) is 4.30. The molecule has 0 heterocycles. The van der Waals surface area contributed by atoms with E-state index in [1.165, 1.54) is 0 Å². The van der Waals surface area contributed by atoms with E-state index in [0.717, 1.165) is 11.1 Å². The number of phosphoric acid groups is 1. The molecular formula is C14H22FO4P. The minimum absolute atomic E-state index is 0.0714. The minimum Gasteiger partial charge on any atom is -0.402 e. The van der Waals surface area contributed by atoms with Crippen LogP contribution in [0.5, 0.6) is 5.75 Å². The van der Waals surface area contributed by atoms with Crippen molar-refractivity contribution in [2.45, 2.75) is 52.4 Å². The zero-order valence-corrected chi connectivity index (χ0v) is 13.6. The summed E-state index contributed by atoms with van der Waals surface area (Å²) >= 11 is 0. The fourth-order valence-corrected chi connectivity index (χ4v) is 2.24. The zero-order chi connectivity index (χ0) is 15.8. The van der Waals surface area contributed by atoms with Crippen LogP contribution in [0.3, 0.4) is 0 Å². The highest BCUT2D eigenvalue weighted by Crippen LogP contribution is 2.47. The summed E-state index contributed by atoms with van der Waals surface area (Å²) in [6.45, 7) is 12.0. The van der Waals surface area contributed by atoms with E-state index in [1.54, 1.807) is 12.1 Å². The molecule has 4 nitrogen and oxygen atoms in total. The summed E-state index contributed by atoms with van der Waals surface area (Å²) in [7, 11) is -4.71.